The second-order valence-electron chi connectivity index (χ2n) is 12.7. The first kappa shape index (κ1) is 27.2. The fraction of sp³-hybridized carbons (Fsp3) is 0.548. The monoisotopic (exact) mass is 505 g/mol. The fourth-order valence-corrected chi connectivity index (χ4v) is 5.38. The second kappa shape index (κ2) is 9.79. The van der Waals surface area contributed by atoms with Gasteiger partial charge in [0.2, 0.25) is 5.95 Å². The number of aromatic hydroxyl groups is 1. The van der Waals surface area contributed by atoms with Crippen molar-refractivity contribution in [1.29, 1.82) is 0 Å². The highest BCUT2D eigenvalue weighted by Crippen LogP contribution is 2.40. The number of Topliss-reactive ketones (excluding diaryl/α,β-unsaturated/α-hetero) is 1. The third kappa shape index (κ3) is 5.26. The highest BCUT2D eigenvalue weighted by atomic mass is 16.5. The average molecular weight is 506 g/mol. The molecule has 1 fully saturated rings. The number of phenols is 1. The molecule has 1 saturated heterocycles. The Morgan fingerprint density at radius 1 is 1.03 bits per heavy atom. The van der Waals surface area contributed by atoms with Gasteiger partial charge < -0.3 is 19.3 Å². The third-order valence-corrected chi connectivity index (χ3v) is 7.69. The van der Waals surface area contributed by atoms with E-state index in [1.807, 2.05) is 12.1 Å². The van der Waals surface area contributed by atoms with Crippen molar-refractivity contribution < 1.29 is 14.6 Å². The molecule has 6 heteroatoms. The Morgan fingerprint density at radius 2 is 1.62 bits per heavy atom. The van der Waals surface area contributed by atoms with E-state index in [2.05, 4.69) is 77.0 Å². The van der Waals surface area contributed by atoms with Gasteiger partial charge in [-0.25, -0.2) is 4.98 Å². The van der Waals surface area contributed by atoms with Gasteiger partial charge >= 0.3 is 0 Å². The van der Waals surface area contributed by atoms with Crippen LogP contribution in [-0.2, 0) is 22.1 Å². The SMILES string of the molecule is COC[C@@H]1CCCN1c1nc2cc(C)c(C)cc2n1CC(=O)c1cc(C(C)(C)C)c(O)c(C(C)(C)C)c1. The van der Waals surface area contributed by atoms with Crippen molar-refractivity contribution in [3.05, 3.63) is 52.1 Å². The van der Waals surface area contributed by atoms with E-state index in [1.54, 1.807) is 7.11 Å². The number of anilines is 1. The van der Waals surface area contributed by atoms with Crippen molar-refractivity contribution in [3.63, 3.8) is 0 Å². The summed E-state index contributed by atoms with van der Waals surface area (Å²) in [6.45, 7) is 18.3. The number of methoxy groups -OCH3 is 1. The number of nitrogens with zero attached hydrogens (tertiary/aromatic N) is 3. The lowest BCUT2D eigenvalue weighted by atomic mass is 9.78. The number of aryl methyl sites for hydroxylation is 2. The molecule has 0 unspecified atom stereocenters. The molecule has 1 aromatic heterocycles. The third-order valence-electron chi connectivity index (χ3n) is 7.69. The molecule has 0 radical (unpaired) electrons. The van der Waals surface area contributed by atoms with Crippen molar-refractivity contribution in [3.8, 4) is 5.75 Å². The predicted molar refractivity (Wildman–Crippen MR) is 151 cm³/mol. The second-order valence-corrected chi connectivity index (χ2v) is 12.7. The van der Waals surface area contributed by atoms with E-state index < -0.39 is 0 Å². The summed E-state index contributed by atoms with van der Waals surface area (Å²) in [5, 5.41) is 11.1. The van der Waals surface area contributed by atoms with Crippen molar-refractivity contribution in [2.75, 3.05) is 25.2 Å². The molecular formula is C31H43N3O3. The predicted octanol–water partition coefficient (Wildman–Crippen LogP) is 6.45. The number of hydrogen-bond donors (Lipinski definition) is 1. The van der Waals surface area contributed by atoms with Crippen molar-refractivity contribution in [2.45, 2.75) is 91.6 Å². The zero-order valence-corrected chi connectivity index (χ0v) is 24.0. The number of carbonyl (C=O) groups is 1. The number of ketones is 1. The van der Waals surface area contributed by atoms with E-state index >= 15 is 0 Å². The van der Waals surface area contributed by atoms with Crippen LogP contribution in [0.25, 0.3) is 11.0 Å². The first-order chi connectivity index (χ1) is 17.2. The number of carbonyl (C=O) groups excluding carboxylic acids is 1. The van der Waals surface area contributed by atoms with Crippen LogP contribution in [0, 0.1) is 13.8 Å². The molecule has 3 aromatic rings. The van der Waals surface area contributed by atoms with E-state index in [0.717, 1.165) is 47.5 Å². The van der Waals surface area contributed by atoms with Gasteiger partial charge in [0.15, 0.2) is 5.78 Å². The van der Waals surface area contributed by atoms with Crippen molar-refractivity contribution in [1.82, 2.24) is 9.55 Å². The molecule has 0 spiro atoms. The Hall–Kier alpha value is -2.86. The van der Waals surface area contributed by atoms with Crippen LogP contribution in [0.1, 0.15) is 87.0 Å². The molecule has 0 saturated carbocycles. The van der Waals surface area contributed by atoms with Crippen LogP contribution in [-0.4, -0.2) is 46.7 Å². The fourth-order valence-electron chi connectivity index (χ4n) is 5.38. The largest absolute Gasteiger partial charge is 0.507 e. The summed E-state index contributed by atoms with van der Waals surface area (Å²) < 4.78 is 7.59. The van der Waals surface area contributed by atoms with Crippen LogP contribution < -0.4 is 4.90 Å². The lowest BCUT2D eigenvalue weighted by Crippen LogP contribution is -2.35. The summed E-state index contributed by atoms with van der Waals surface area (Å²) in [5.74, 6) is 1.13. The Balaban J connectivity index is 1.84. The molecule has 37 heavy (non-hydrogen) atoms. The van der Waals surface area contributed by atoms with Gasteiger partial charge in [0.1, 0.15) is 5.75 Å². The molecule has 2 heterocycles. The number of imidazole rings is 1. The summed E-state index contributed by atoms with van der Waals surface area (Å²) in [6.07, 6.45) is 2.12. The molecule has 6 nitrogen and oxygen atoms in total. The minimum Gasteiger partial charge on any atom is -0.507 e. The maximum Gasteiger partial charge on any atom is 0.207 e. The maximum atomic E-state index is 14.0. The van der Waals surface area contributed by atoms with Gasteiger partial charge in [-0.3, -0.25) is 4.79 Å². The molecule has 1 aliphatic heterocycles. The summed E-state index contributed by atoms with van der Waals surface area (Å²) in [5.41, 5.74) is 5.86. The first-order valence-corrected chi connectivity index (χ1v) is 13.4. The molecule has 1 aliphatic rings. The van der Waals surface area contributed by atoms with E-state index in [-0.39, 0.29) is 34.9 Å². The standard InChI is InChI=1S/C31H43N3O3/c1-19-13-25-26(14-20(19)2)34(29(32-25)33-12-10-11-22(33)18-37-9)17-27(35)21-15-23(30(3,4)5)28(36)24(16-21)31(6,7)8/h13-16,22,36H,10-12,17-18H2,1-9H3/t22-/m0/s1. The van der Waals surface area contributed by atoms with E-state index in [9.17, 15) is 9.90 Å². The number of ether oxygens (including phenoxy) is 1. The smallest absolute Gasteiger partial charge is 0.207 e. The number of benzene rings is 2. The lowest BCUT2D eigenvalue weighted by molar-refractivity contribution is 0.0973. The first-order valence-electron chi connectivity index (χ1n) is 13.4. The molecule has 200 valence electrons. The number of aromatic nitrogens is 2. The summed E-state index contributed by atoms with van der Waals surface area (Å²) >= 11 is 0. The van der Waals surface area contributed by atoms with Crippen LogP contribution >= 0.6 is 0 Å². The van der Waals surface area contributed by atoms with Gasteiger partial charge in [-0.15, -0.1) is 0 Å². The van der Waals surface area contributed by atoms with Gasteiger partial charge in [0.25, 0.3) is 0 Å². The Labute approximate surface area is 221 Å². The topological polar surface area (TPSA) is 67.6 Å². The minimum atomic E-state index is -0.301. The van der Waals surface area contributed by atoms with Gasteiger partial charge in [-0.05, 0) is 72.9 Å². The summed E-state index contributed by atoms with van der Waals surface area (Å²) in [7, 11) is 1.74. The summed E-state index contributed by atoms with van der Waals surface area (Å²) in [6, 6.07) is 8.27. The van der Waals surface area contributed by atoms with Crippen LogP contribution in [0.15, 0.2) is 24.3 Å². The molecule has 4 rings (SSSR count). The van der Waals surface area contributed by atoms with E-state index in [4.69, 9.17) is 9.72 Å². The van der Waals surface area contributed by atoms with Crippen molar-refractivity contribution in [2.24, 2.45) is 0 Å². The molecular weight excluding hydrogens is 462 g/mol. The molecule has 1 atom stereocenters. The van der Waals surface area contributed by atoms with Gasteiger partial charge in [0.05, 0.1) is 30.2 Å². The van der Waals surface area contributed by atoms with E-state index in [1.165, 1.54) is 11.1 Å². The average Bonchev–Trinajstić information content (AvgIpc) is 3.37. The number of fused-ring (bicyclic) bond motifs is 1. The maximum absolute atomic E-state index is 14.0. The molecule has 0 amide bonds. The zero-order valence-electron chi connectivity index (χ0n) is 24.0. The Kier molecular flexibility index (Phi) is 7.19. The van der Waals surface area contributed by atoms with Crippen molar-refractivity contribution >= 4 is 22.8 Å². The Morgan fingerprint density at radius 3 is 2.19 bits per heavy atom. The van der Waals surface area contributed by atoms with Crippen LogP contribution in [0.4, 0.5) is 5.95 Å². The van der Waals surface area contributed by atoms with Crippen LogP contribution in [0.3, 0.4) is 0 Å². The Bertz CT molecular complexity index is 1290. The molecule has 0 bridgehead atoms. The minimum absolute atomic E-state index is 0.0114. The van der Waals surface area contributed by atoms with Crippen LogP contribution in [0.2, 0.25) is 0 Å². The number of hydrogen-bond acceptors (Lipinski definition) is 5. The molecule has 2 aromatic carbocycles. The summed E-state index contributed by atoms with van der Waals surface area (Å²) in [4.78, 5) is 21.3. The van der Waals surface area contributed by atoms with Crippen LogP contribution in [0.5, 0.6) is 5.75 Å². The van der Waals surface area contributed by atoms with Gasteiger partial charge in [-0.2, -0.15) is 0 Å². The molecule has 0 aliphatic carbocycles. The zero-order chi connectivity index (χ0) is 27.3. The van der Waals surface area contributed by atoms with E-state index in [0.29, 0.717) is 12.2 Å². The van der Waals surface area contributed by atoms with Gasteiger partial charge in [-0.1, -0.05) is 41.5 Å². The highest BCUT2D eigenvalue weighted by Gasteiger charge is 2.31. The molecule has 1 N–H and O–H groups in total. The number of rotatable bonds is 6. The normalized spacial score (nSPS) is 16.7. The number of phenolic OH excluding ortho intramolecular Hbond substituents is 1. The van der Waals surface area contributed by atoms with Gasteiger partial charge in [0, 0.05) is 30.3 Å². The quantitative estimate of drug-likeness (QED) is 0.390. The lowest BCUT2D eigenvalue weighted by Gasteiger charge is -2.28. The highest BCUT2D eigenvalue weighted by molar-refractivity contribution is 5.98.